The van der Waals surface area contributed by atoms with Crippen molar-refractivity contribution in [1.82, 2.24) is 28.3 Å². The molecule has 0 radical (unpaired) electrons. The summed E-state index contributed by atoms with van der Waals surface area (Å²) in [4.78, 5) is 36.3. The van der Waals surface area contributed by atoms with E-state index in [0.29, 0.717) is 24.5 Å². The van der Waals surface area contributed by atoms with E-state index in [1.54, 1.807) is 7.11 Å². The van der Waals surface area contributed by atoms with Gasteiger partial charge in [-0.15, -0.1) is 0 Å². The van der Waals surface area contributed by atoms with E-state index in [0.717, 1.165) is 88.9 Å². The number of carbonyl (C=O) groups is 2. The summed E-state index contributed by atoms with van der Waals surface area (Å²) >= 11 is 0. The minimum Gasteiger partial charge on any atom is -0.496 e. The molecule has 4 atom stereocenters. The number of fused-ring (bicyclic) bond motifs is 8. The van der Waals surface area contributed by atoms with E-state index in [-0.39, 0.29) is 29.8 Å². The van der Waals surface area contributed by atoms with Gasteiger partial charge in [0.1, 0.15) is 5.75 Å². The molecule has 0 spiro atoms. The number of nitrogens with zero attached hydrogens (tertiary/aromatic N) is 5. The molecule has 55 heavy (non-hydrogen) atoms. The Morgan fingerprint density at radius 3 is 2.38 bits per heavy atom. The van der Waals surface area contributed by atoms with Gasteiger partial charge in [-0.05, 0) is 72.2 Å². The Kier molecular flexibility index (Phi) is 9.31. The maximum absolute atomic E-state index is 15.4. The molecule has 3 aliphatic carbocycles. The SMILES string of the molecule is COc1ccc(C2CCCCC2)c2c1cc1n2CC2=C(C(=O)NS(=O)(=O)N(C)C)C2=C2C=CC[C@@H](C(=O)N3C4CN(C)CC3CN(Cc3ccccc3)C4)C21. The lowest BCUT2D eigenvalue weighted by Gasteiger charge is -2.54. The number of hydrogen-bond donors (Lipinski definition) is 1. The summed E-state index contributed by atoms with van der Waals surface area (Å²) in [6, 6.07) is 17.2. The summed E-state index contributed by atoms with van der Waals surface area (Å²) in [6.45, 7) is 4.52. The van der Waals surface area contributed by atoms with Crippen LogP contribution in [0.15, 0.2) is 83.0 Å². The number of nitrogens with one attached hydrogen (secondary N) is 1. The highest BCUT2D eigenvalue weighted by Gasteiger charge is 2.51. The van der Waals surface area contributed by atoms with E-state index in [1.165, 1.54) is 44.5 Å². The molecule has 11 nitrogen and oxygen atoms in total. The molecule has 1 N–H and O–H groups in total. The highest BCUT2D eigenvalue weighted by Crippen LogP contribution is 2.55. The van der Waals surface area contributed by atoms with E-state index in [2.05, 4.69) is 85.7 Å². The maximum Gasteiger partial charge on any atom is 0.303 e. The quantitative estimate of drug-likeness (QED) is 0.347. The van der Waals surface area contributed by atoms with Crippen molar-refractivity contribution in [1.29, 1.82) is 0 Å². The molecule has 2 amide bonds. The minimum absolute atomic E-state index is 0.0533. The van der Waals surface area contributed by atoms with Crippen LogP contribution >= 0.6 is 0 Å². The fraction of sp³-hybridized carbons (Fsp3) is 0.488. The van der Waals surface area contributed by atoms with Crippen LogP contribution in [0.3, 0.4) is 0 Å². The van der Waals surface area contributed by atoms with E-state index < -0.39 is 16.1 Å². The van der Waals surface area contributed by atoms with Gasteiger partial charge in [-0.1, -0.05) is 67.8 Å². The highest BCUT2D eigenvalue weighted by atomic mass is 32.2. The molecule has 2 aromatic carbocycles. The topological polar surface area (TPSA) is 107 Å². The Morgan fingerprint density at radius 2 is 1.69 bits per heavy atom. The molecule has 3 unspecified atom stereocenters. The number of allylic oxidation sites excluding steroid dienone is 4. The van der Waals surface area contributed by atoms with Crippen LogP contribution in [-0.2, 0) is 32.9 Å². The lowest BCUT2D eigenvalue weighted by atomic mass is 9.75. The van der Waals surface area contributed by atoms with Gasteiger partial charge in [0.25, 0.3) is 5.91 Å². The molecule has 2 saturated heterocycles. The van der Waals surface area contributed by atoms with Crippen molar-refractivity contribution in [3.8, 4) is 5.75 Å². The van der Waals surface area contributed by atoms with E-state index in [9.17, 15) is 13.2 Å². The molecule has 290 valence electrons. The second kappa shape index (κ2) is 14.1. The molecule has 3 aromatic rings. The van der Waals surface area contributed by atoms with E-state index in [1.807, 2.05) is 6.07 Å². The first-order valence-electron chi connectivity index (χ1n) is 19.9. The summed E-state index contributed by atoms with van der Waals surface area (Å²) in [7, 11) is 2.67. The van der Waals surface area contributed by atoms with Gasteiger partial charge in [0.2, 0.25) is 5.91 Å². The monoisotopic (exact) mass is 764 g/mol. The molecular formula is C43H52N6O5S. The van der Waals surface area contributed by atoms with Crippen molar-refractivity contribution in [2.45, 2.75) is 75.5 Å². The Hall–Kier alpha value is -4.23. The van der Waals surface area contributed by atoms with Crippen molar-refractivity contribution in [2.75, 3.05) is 54.4 Å². The number of piperazine rings is 2. The van der Waals surface area contributed by atoms with Gasteiger partial charge in [-0.3, -0.25) is 14.5 Å². The van der Waals surface area contributed by atoms with E-state index >= 15 is 4.79 Å². The fourth-order valence-corrected chi connectivity index (χ4v) is 11.0. The molecule has 3 fully saturated rings. The van der Waals surface area contributed by atoms with Gasteiger partial charge in [0.05, 0.1) is 36.2 Å². The van der Waals surface area contributed by atoms with Crippen molar-refractivity contribution >= 4 is 32.9 Å². The Morgan fingerprint density at radius 1 is 0.964 bits per heavy atom. The zero-order valence-corrected chi connectivity index (χ0v) is 33.1. The third-order valence-corrected chi connectivity index (χ3v) is 14.4. The van der Waals surface area contributed by atoms with Crippen LogP contribution < -0.4 is 9.46 Å². The first-order valence-corrected chi connectivity index (χ1v) is 21.3. The number of ether oxygens (including phenoxy) is 1. The number of carbonyl (C=O) groups excluding carboxylic acids is 2. The minimum atomic E-state index is -4.01. The molecule has 12 heteroatoms. The second-order valence-electron chi connectivity index (χ2n) is 16.7. The molecule has 4 heterocycles. The average Bonchev–Trinajstić information content (AvgIpc) is 3.80. The summed E-state index contributed by atoms with van der Waals surface area (Å²) in [5, 5.41) is 1.03. The van der Waals surface area contributed by atoms with Crippen molar-refractivity contribution < 1.29 is 22.7 Å². The van der Waals surface area contributed by atoms with Gasteiger partial charge < -0.3 is 19.1 Å². The van der Waals surface area contributed by atoms with Gasteiger partial charge in [0, 0.05) is 70.4 Å². The third kappa shape index (κ3) is 6.35. The average molecular weight is 765 g/mol. The summed E-state index contributed by atoms with van der Waals surface area (Å²) in [5.74, 6) is 0.0357. The Balaban J connectivity index is 1.15. The van der Waals surface area contributed by atoms with Crippen molar-refractivity contribution in [3.05, 3.63) is 99.8 Å². The summed E-state index contributed by atoms with van der Waals surface area (Å²) in [5.41, 5.74) is 7.73. The van der Waals surface area contributed by atoms with Crippen LogP contribution in [0, 0.1) is 5.92 Å². The number of benzene rings is 2. The smallest absolute Gasteiger partial charge is 0.303 e. The first-order chi connectivity index (χ1) is 26.5. The van der Waals surface area contributed by atoms with Crippen LogP contribution in [-0.4, -0.2) is 110 Å². The standard InChI is InChI=1S/C43H52N6O5S/c1-45(2)55(52,53)44-42(50)40-35-26-48-36(20-34-37(54-4)19-18-31(41(34)48)28-14-9-6-10-15-28)38-32(39(35)40)16-11-17-33(38)43(51)49-29-22-46(3)23-30(49)25-47(24-29)21-27-12-7-5-8-13-27/h5,7-8,11-13,16,18-20,28-30,33,38H,6,9-10,14-15,17,21-26H2,1-4H3,(H,44,50)/t29?,30?,33-,38?/m1/s1. The van der Waals surface area contributed by atoms with E-state index in [4.69, 9.17) is 4.74 Å². The molecule has 6 aliphatic rings. The molecule has 3 aliphatic heterocycles. The fourth-order valence-electron chi connectivity index (χ4n) is 10.5. The number of rotatable bonds is 8. The highest BCUT2D eigenvalue weighted by molar-refractivity contribution is 7.87. The van der Waals surface area contributed by atoms with Crippen LogP contribution in [0.25, 0.3) is 10.9 Å². The van der Waals surface area contributed by atoms with Crippen LogP contribution in [0.4, 0.5) is 0 Å². The maximum atomic E-state index is 15.4. The van der Waals surface area contributed by atoms with Crippen molar-refractivity contribution in [3.63, 3.8) is 0 Å². The Bertz CT molecular complexity index is 2240. The molecule has 1 saturated carbocycles. The molecule has 9 rings (SSSR count). The van der Waals surface area contributed by atoms with Crippen LogP contribution in [0.1, 0.15) is 67.2 Å². The second-order valence-corrected chi connectivity index (χ2v) is 18.6. The summed E-state index contributed by atoms with van der Waals surface area (Å²) in [6.07, 6.45) is 10.6. The molecule has 1 aromatic heterocycles. The number of methoxy groups -OCH3 is 1. The lowest BCUT2D eigenvalue weighted by Crippen LogP contribution is -2.69. The number of likely N-dealkylation sites (N-methyl/N-ethyl adjacent to an activating group) is 1. The zero-order chi connectivity index (χ0) is 38.2. The lowest BCUT2D eigenvalue weighted by molar-refractivity contribution is -0.151. The number of aromatic nitrogens is 1. The van der Waals surface area contributed by atoms with Gasteiger partial charge in [-0.2, -0.15) is 12.7 Å². The molecular weight excluding hydrogens is 713 g/mol. The van der Waals surface area contributed by atoms with Gasteiger partial charge in [0.15, 0.2) is 0 Å². The number of hydrogen-bond acceptors (Lipinski definition) is 7. The number of amides is 2. The third-order valence-electron chi connectivity index (χ3n) is 13.0. The predicted octanol–water partition coefficient (Wildman–Crippen LogP) is 4.93. The Labute approximate surface area is 324 Å². The largest absolute Gasteiger partial charge is 0.496 e. The van der Waals surface area contributed by atoms with Crippen molar-refractivity contribution in [2.24, 2.45) is 5.92 Å². The molecule has 2 bridgehead atoms. The van der Waals surface area contributed by atoms with Gasteiger partial charge in [-0.25, -0.2) is 4.72 Å². The van der Waals surface area contributed by atoms with Crippen LogP contribution in [0.2, 0.25) is 0 Å². The van der Waals surface area contributed by atoms with Crippen LogP contribution in [0.5, 0.6) is 5.75 Å². The predicted molar refractivity (Wildman–Crippen MR) is 213 cm³/mol. The van der Waals surface area contributed by atoms with Gasteiger partial charge >= 0.3 is 10.2 Å². The first kappa shape index (κ1) is 36.4. The zero-order valence-electron chi connectivity index (χ0n) is 32.3. The normalized spacial score (nSPS) is 25.8. The summed E-state index contributed by atoms with van der Waals surface area (Å²) < 4.78 is 37.4.